The van der Waals surface area contributed by atoms with Crippen molar-refractivity contribution in [2.75, 3.05) is 54.7 Å². The molecule has 0 spiro atoms. The number of aliphatic hydroxyl groups excluding tert-OH is 1. The van der Waals surface area contributed by atoms with Crippen LogP contribution in [0.15, 0.2) is 48.6 Å². The maximum Gasteiger partial charge on any atom is 1.00 e. The molecule has 4 rings (SSSR count). The summed E-state index contributed by atoms with van der Waals surface area (Å²) in [6.45, 7) is 9.21. The van der Waals surface area contributed by atoms with Crippen LogP contribution in [0.5, 0.6) is 23.0 Å². The smallest absolute Gasteiger partial charge is 0.870 e. The molecule has 19 heteroatoms. The van der Waals surface area contributed by atoms with E-state index < -0.39 is 45.4 Å². The molecular weight excluding hydrogens is 687 g/mol. The Morgan fingerprint density at radius 3 is 1.45 bits per heavy atom. The van der Waals surface area contributed by atoms with Crippen LogP contribution in [0.2, 0.25) is 0 Å². The van der Waals surface area contributed by atoms with Crippen molar-refractivity contribution in [1.82, 2.24) is 9.80 Å². The Kier molecular flexibility index (Phi) is 17.0. The summed E-state index contributed by atoms with van der Waals surface area (Å²) in [5, 5.41) is 32.1. The van der Waals surface area contributed by atoms with Crippen LogP contribution < -0.4 is 48.5 Å². The minimum absolute atomic E-state index is 0. The molecule has 2 aliphatic rings. The number of nitro groups is 2. The first-order chi connectivity index (χ1) is 23.2. The van der Waals surface area contributed by atoms with E-state index in [1.54, 1.807) is 0 Å². The van der Waals surface area contributed by atoms with Gasteiger partial charge in [0.05, 0.1) is 69.1 Å². The number of rotatable bonds is 11. The number of methoxy groups -OCH3 is 4. The quantitative estimate of drug-likeness (QED) is 0.107. The molecule has 2 fully saturated rings. The van der Waals surface area contributed by atoms with Crippen LogP contribution in [-0.4, -0.2) is 115 Å². The number of likely N-dealkylation sites (tertiary alicyclic amines) is 2. The Labute approximate surface area is 315 Å². The summed E-state index contributed by atoms with van der Waals surface area (Å²) in [4.78, 5) is 61.0. The Morgan fingerprint density at radius 2 is 1.12 bits per heavy atom. The van der Waals surface area contributed by atoms with Gasteiger partial charge in [-0.15, -0.1) is 0 Å². The summed E-state index contributed by atoms with van der Waals surface area (Å²) in [5.74, 6) is -0.829. The number of hydrogen-bond acceptors (Lipinski definition) is 14. The van der Waals surface area contributed by atoms with Gasteiger partial charge in [0.1, 0.15) is 17.7 Å². The van der Waals surface area contributed by atoms with E-state index in [-0.39, 0.29) is 101 Å². The molecule has 2 heterocycles. The van der Waals surface area contributed by atoms with E-state index in [9.17, 15) is 39.7 Å². The standard InChI is InChI=1S/C17H20N2O7.C15H18N2O6.Na.H2O/c1-10-5-12(9-26-11(2)20)18(8-10)17(21)13-6-15(24-3)16(25-4)7-14(13)19(22)23;1-9-4-10(8-18)16(7-9)15(19)11-5-13(22-2)14(23-3)6-12(11)17(20)21;;/h6-7,12H,1,5,8-9H2,2-4H3;5-6,10,18H,1,4,7-8H2,2-3H3;;1H2/q;;+1;/p-1/t12-;10-;;/m00../s1. The van der Waals surface area contributed by atoms with Gasteiger partial charge < -0.3 is 44.1 Å². The molecule has 0 aliphatic carbocycles. The van der Waals surface area contributed by atoms with Crippen LogP contribution in [-0.2, 0) is 9.53 Å². The SMILES string of the molecule is C=C1C[C@@H](CO)N(C(=O)c2cc(OC)c(OC)cc2[N+](=O)[O-])C1.C=C1C[C@@H](COC(C)=O)N(C(=O)c2cc(OC)c(OC)cc2[N+](=O)[O-])C1.[Na+].[OH-]. The first-order valence-corrected chi connectivity index (χ1v) is 14.7. The molecule has 0 radical (unpaired) electrons. The summed E-state index contributed by atoms with van der Waals surface area (Å²) in [6, 6.07) is 4.02. The van der Waals surface area contributed by atoms with Crippen LogP contribution in [0.1, 0.15) is 40.5 Å². The zero-order valence-electron chi connectivity index (χ0n) is 29.2. The van der Waals surface area contributed by atoms with Crippen molar-refractivity contribution >= 4 is 29.2 Å². The molecule has 2 atom stereocenters. The molecule has 2 saturated heterocycles. The minimum atomic E-state index is -0.652. The fourth-order valence-electron chi connectivity index (χ4n) is 5.45. The second kappa shape index (κ2) is 19.6. The molecule has 0 bridgehead atoms. The molecule has 51 heavy (non-hydrogen) atoms. The molecule has 272 valence electrons. The second-order valence-corrected chi connectivity index (χ2v) is 11.0. The average Bonchev–Trinajstić information content (AvgIpc) is 3.66. The number of esters is 1. The van der Waals surface area contributed by atoms with E-state index in [1.165, 1.54) is 57.3 Å². The van der Waals surface area contributed by atoms with Gasteiger partial charge in [-0.1, -0.05) is 24.3 Å². The maximum atomic E-state index is 13.0. The molecule has 2 aromatic carbocycles. The van der Waals surface area contributed by atoms with Crippen LogP contribution in [0.4, 0.5) is 11.4 Å². The maximum absolute atomic E-state index is 13.0. The molecule has 2 N–H and O–H groups in total. The average molecular weight is 727 g/mol. The van der Waals surface area contributed by atoms with Gasteiger partial charge >= 0.3 is 35.5 Å². The fourth-order valence-corrected chi connectivity index (χ4v) is 5.45. The van der Waals surface area contributed by atoms with Gasteiger partial charge in [-0.3, -0.25) is 34.6 Å². The largest absolute Gasteiger partial charge is 1.00 e. The molecule has 2 amide bonds. The first kappa shape index (κ1) is 44.3. The van der Waals surface area contributed by atoms with E-state index >= 15 is 0 Å². The molecule has 18 nitrogen and oxygen atoms in total. The third-order valence-corrected chi connectivity index (χ3v) is 7.79. The number of benzene rings is 2. The van der Waals surface area contributed by atoms with Crippen LogP contribution in [0.25, 0.3) is 0 Å². The number of carbonyl (C=O) groups excluding carboxylic acids is 3. The molecule has 2 aliphatic heterocycles. The van der Waals surface area contributed by atoms with Gasteiger partial charge in [0, 0.05) is 32.1 Å². The summed E-state index contributed by atoms with van der Waals surface area (Å²) < 4.78 is 25.4. The number of nitrogens with zero attached hydrogens (tertiary/aromatic N) is 4. The summed E-state index contributed by atoms with van der Waals surface area (Å²) in [7, 11) is 5.46. The van der Waals surface area contributed by atoms with Gasteiger partial charge in [0.2, 0.25) is 0 Å². The van der Waals surface area contributed by atoms with Gasteiger partial charge in [-0.05, 0) is 12.8 Å². The van der Waals surface area contributed by atoms with Crippen molar-refractivity contribution in [3.05, 3.63) is 79.9 Å². The Bertz CT molecular complexity index is 1670. The molecular formula is C32H39N4NaO14. The van der Waals surface area contributed by atoms with Crippen molar-refractivity contribution in [3.63, 3.8) is 0 Å². The third-order valence-electron chi connectivity index (χ3n) is 7.79. The predicted molar refractivity (Wildman–Crippen MR) is 175 cm³/mol. The number of amides is 2. The van der Waals surface area contributed by atoms with E-state index in [1.807, 2.05) is 0 Å². The zero-order chi connectivity index (χ0) is 36.6. The van der Waals surface area contributed by atoms with Gasteiger partial charge in [0.25, 0.3) is 23.2 Å². The van der Waals surface area contributed by atoms with Crippen molar-refractivity contribution in [2.24, 2.45) is 0 Å². The number of ether oxygens (including phenoxy) is 5. The van der Waals surface area contributed by atoms with Gasteiger partial charge in [0.15, 0.2) is 23.0 Å². The van der Waals surface area contributed by atoms with Crippen molar-refractivity contribution in [2.45, 2.75) is 31.8 Å². The zero-order valence-corrected chi connectivity index (χ0v) is 31.2. The van der Waals surface area contributed by atoms with E-state index in [2.05, 4.69) is 13.2 Å². The van der Waals surface area contributed by atoms with E-state index in [0.29, 0.717) is 12.8 Å². The van der Waals surface area contributed by atoms with Crippen molar-refractivity contribution in [3.8, 4) is 23.0 Å². The van der Waals surface area contributed by atoms with Crippen LogP contribution in [0.3, 0.4) is 0 Å². The van der Waals surface area contributed by atoms with E-state index in [4.69, 9.17) is 23.7 Å². The fraction of sp³-hybridized carbons (Fsp3) is 0.406. The summed E-state index contributed by atoms with van der Waals surface area (Å²) in [6.07, 6.45) is 0.934. The molecule has 0 unspecified atom stereocenters. The van der Waals surface area contributed by atoms with Crippen molar-refractivity contribution in [1.29, 1.82) is 0 Å². The first-order valence-electron chi connectivity index (χ1n) is 14.7. The normalized spacial score (nSPS) is 16.1. The second-order valence-electron chi connectivity index (χ2n) is 11.0. The predicted octanol–water partition coefficient (Wildman–Crippen LogP) is 0.148. The number of aliphatic hydroxyl groups is 1. The Balaban J connectivity index is 0.000000494. The van der Waals surface area contributed by atoms with E-state index in [0.717, 1.165) is 23.3 Å². The summed E-state index contributed by atoms with van der Waals surface area (Å²) in [5.41, 5.74) is 0.563. The van der Waals surface area contributed by atoms with Crippen LogP contribution in [0, 0.1) is 20.2 Å². The van der Waals surface area contributed by atoms with Gasteiger partial charge in [-0.2, -0.15) is 0 Å². The van der Waals surface area contributed by atoms with Crippen LogP contribution >= 0.6 is 0 Å². The number of hydrogen-bond donors (Lipinski definition) is 1. The third kappa shape index (κ3) is 10.4. The Morgan fingerprint density at radius 1 is 0.765 bits per heavy atom. The van der Waals surface area contributed by atoms with Gasteiger partial charge in [-0.25, -0.2) is 0 Å². The Hall–Kier alpha value is -4.75. The number of carbonyl (C=O) groups is 3. The minimum Gasteiger partial charge on any atom is -0.870 e. The molecule has 0 aromatic heterocycles. The van der Waals surface area contributed by atoms with Crippen molar-refractivity contribution < 1.29 is 88.1 Å². The number of nitro benzene ring substituents is 2. The monoisotopic (exact) mass is 726 g/mol. The topological polar surface area (TPSA) is 240 Å². The molecule has 0 saturated carbocycles. The summed E-state index contributed by atoms with van der Waals surface area (Å²) >= 11 is 0. The molecule has 2 aromatic rings.